The molecule has 0 saturated carbocycles. The molecule has 2 N–H and O–H groups in total. The quantitative estimate of drug-likeness (QED) is 0.285. The molecule has 4 aromatic rings. The van der Waals surface area contributed by atoms with Crippen LogP contribution in [0.5, 0.6) is 0 Å². The van der Waals surface area contributed by atoms with E-state index in [0.29, 0.717) is 5.56 Å². The Kier molecular flexibility index (Phi) is 6.63. The van der Waals surface area contributed by atoms with Crippen molar-refractivity contribution in [3.05, 3.63) is 108 Å². The predicted molar refractivity (Wildman–Crippen MR) is 151 cm³/mol. The number of nitrogens with one attached hydrogen (secondary N) is 2. The normalized spacial score (nSPS) is 16.5. The monoisotopic (exact) mass is 492 g/mol. The molecule has 1 aromatic heterocycles. The molecule has 0 bridgehead atoms. The first kappa shape index (κ1) is 24.8. The minimum absolute atomic E-state index is 0.103. The first-order valence-corrected chi connectivity index (χ1v) is 13.3. The maximum Gasteiger partial charge on any atom is 0.257 e. The van der Waals surface area contributed by atoms with Crippen LogP contribution in [0.1, 0.15) is 74.5 Å². The van der Waals surface area contributed by atoms with Crippen LogP contribution in [-0.2, 0) is 11.1 Å². The molecule has 2 heterocycles. The molecule has 0 saturated heterocycles. The lowest BCUT2D eigenvalue weighted by Gasteiger charge is -2.38. The number of amides is 1. The second kappa shape index (κ2) is 9.89. The van der Waals surface area contributed by atoms with Crippen LogP contribution >= 0.6 is 0 Å². The van der Waals surface area contributed by atoms with E-state index >= 15 is 0 Å². The largest absolute Gasteiger partial charge is 0.363 e. The van der Waals surface area contributed by atoms with Gasteiger partial charge in [-0.15, -0.1) is 0 Å². The lowest BCUT2D eigenvalue weighted by atomic mass is 9.83. The van der Waals surface area contributed by atoms with E-state index in [-0.39, 0.29) is 17.5 Å². The van der Waals surface area contributed by atoms with Gasteiger partial charge in [-0.05, 0) is 55.4 Å². The molecule has 5 rings (SSSR count). The molecule has 3 aromatic carbocycles. The highest BCUT2D eigenvalue weighted by atomic mass is 16.1. The fraction of sp³-hybridized carbons (Fsp3) is 0.312. The summed E-state index contributed by atoms with van der Waals surface area (Å²) in [6.45, 7) is 8.63. The Balaban J connectivity index is 1.44. The zero-order chi connectivity index (χ0) is 26.0. The smallest absolute Gasteiger partial charge is 0.257 e. The summed E-state index contributed by atoms with van der Waals surface area (Å²) < 4.78 is 1.97. The van der Waals surface area contributed by atoms with E-state index < -0.39 is 5.54 Å². The first-order valence-electron chi connectivity index (χ1n) is 13.3. The van der Waals surface area contributed by atoms with E-state index in [1.807, 2.05) is 16.8 Å². The summed E-state index contributed by atoms with van der Waals surface area (Å²) in [6, 6.07) is 29.5. The molecule has 0 radical (unpaired) electrons. The summed E-state index contributed by atoms with van der Waals surface area (Å²) in [5.74, 6) is 0.678. The van der Waals surface area contributed by atoms with Crippen molar-refractivity contribution in [1.29, 1.82) is 0 Å². The van der Waals surface area contributed by atoms with Crippen LogP contribution in [0.15, 0.2) is 91.1 Å². The topological polar surface area (TPSA) is 59.0 Å². The Morgan fingerprint density at radius 2 is 1.54 bits per heavy atom. The molecule has 37 heavy (non-hydrogen) atoms. The van der Waals surface area contributed by atoms with Crippen LogP contribution < -0.4 is 10.6 Å². The first-order chi connectivity index (χ1) is 17.9. The lowest BCUT2D eigenvalue weighted by molar-refractivity contribution is 0.0890. The van der Waals surface area contributed by atoms with Gasteiger partial charge in [0.05, 0.1) is 23.3 Å². The standard InChI is InChI=1S/C32H36N4O/c1-5-32(6-2,26-19-17-24(18-20-26)23-13-9-7-10-14-23)35-30(37)27-22-33-36-29(27)34-28(21-31(36,3)4)25-15-11-8-12-16-25/h7-20,22,28,34H,5-6,21H2,1-4H3,(H,35,37). The van der Waals surface area contributed by atoms with Crippen molar-refractivity contribution < 1.29 is 4.79 Å². The van der Waals surface area contributed by atoms with Crippen molar-refractivity contribution >= 4 is 11.7 Å². The number of aromatic nitrogens is 2. The number of carbonyl (C=O) groups excluding carboxylic acids is 1. The van der Waals surface area contributed by atoms with Crippen molar-refractivity contribution in [1.82, 2.24) is 15.1 Å². The molecule has 1 unspecified atom stereocenters. The van der Waals surface area contributed by atoms with Gasteiger partial charge in [0.15, 0.2) is 0 Å². The highest BCUT2D eigenvalue weighted by Crippen LogP contribution is 2.40. The number of hydrogen-bond donors (Lipinski definition) is 2. The van der Waals surface area contributed by atoms with E-state index in [1.165, 1.54) is 16.7 Å². The number of rotatable bonds is 7. The third-order valence-electron chi connectivity index (χ3n) is 7.91. The van der Waals surface area contributed by atoms with E-state index in [1.54, 1.807) is 6.20 Å². The number of carbonyl (C=O) groups is 1. The van der Waals surface area contributed by atoms with Gasteiger partial charge in [0, 0.05) is 0 Å². The zero-order valence-electron chi connectivity index (χ0n) is 22.2. The van der Waals surface area contributed by atoms with Crippen LogP contribution in [0.3, 0.4) is 0 Å². The van der Waals surface area contributed by atoms with Crippen LogP contribution in [-0.4, -0.2) is 15.7 Å². The fourth-order valence-electron chi connectivity index (χ4n) is 5.61. The number of fused-ring (bicyclic) bond motifs is 1. The van der Waals surface area contributed by atoms with Gasteiger partial charge in [0.25, 0.3) is 5.91 Å². The molecule has 0 aliphatic carbocycles. The van der Waals surface area contributed by atoms with Gasteiger partial charge in [-0.3, -0.25) is 4.79 Å². The summed E-state index contributed by atoms with van der Waals surface area (Å²) in [5.41, 5.74) is 4.57. The third kappa shape index (κ3) is 4.66. The Labute approximate surface area is 219 Å². The van der Waals surface area contributed by atoms with E-state index in [0.717, 1.165) is 30.6 Å². The number of nitrogens with zero attached hydrogens (tertiary/aromatic N) is 2. The molecule has 1 amide bonds. The van der Waals surface area contributed by atoms with Gasteiger partial charge in [0.2, 0.25) is 0 Å². The van der Waals surface area contributed by atoms with Gasteiger partial charge >= 0.3 is 0 Å². The van der Waals surface area contributed by atoms with Crippen molar-refractivity contribution in [2.75, 3.05) is 5.32 Å². The number of benzene rings is 3. The molecule has 1 aliphatic rings. The van der Waals surface area contributed by atoms with Gasteiger partial charge in [-0.25, -0.2) is 4.68 Å². The van der Waals surface area contributed by atoms with Crippen LogP contribution in [0, 0.1) is 0 Å². The van der Waals surface area contributed by atoms with Gasteiger partial charge in [-0.2, -0.15) is 5.10 Å². The Bertz CT molecular complexity index is 1350. The molecular weight excluding hydrogens is 456 g/mol. The van der Waals surface area contributed by atoms with Crippen LogP contribution in [0.2, 0.25) is 0 Å². The molecule has 5 heteroatoms. The van der Waals surface area contributed by atoms with Crippen molar-refractivity contribution in [2.24, 2.45) is 0 Å². The predicted octanol–water partition coefficient (Wildman–Crippen LogP) is 7.29. The Hall–Kier alpha value is -3.86. The summed E-state index contributed by atoms with van der Waals surface area (Å²) in [4.78, 5) is 13.8. The SMILES string of the molecule is CCC(CC)(NC(=O)c1cnn2c1NC(c1ccccc1)CC2(C)C)c1ccc(-c2ccccc2)cc1. The molecule has 5 nitrogen and oxygen atoms in total. The average Bonchev–Trinajstić information content (AvgIpc) is 3.38. The fourth-order valence-corrected chi connectivity index (χ4v) is 5.61. The highest BCUT2D eigenvalue weighted by Gasteiger charge is 2.38. The molecule has 0 fully saturated rings. The maximum atomic E-state index is 13.8. The van der Waals surface area contributed by atoms with Crippen molar-refractivity contribution in [2.45, 2.75) is 64.1 Å². The summed E-state index contributed by atoms with van der Waals surface area (Å²) in [6.07, 6.45) is 4.17. The lowest BCUT2D eigenvalue weighted by Crippen LogP contribution is -2.45. The maximum absolute atomic E-state index is 13.8. The summed E-state index contributed by atoms with van der Waals surface area (Å²) in [5, 5.41) is 11.7. The van der Waals surface area contributed by atoms with Crippen molar-refractivity contribution in [3.63, 3.8) is 0 Å². The molecule has 190 valence electrons. The van der Waals surface area contributed by atoms with Crippen molar-refractivity contribution in [3.8, 4) is 11.1 Å². The van der Waals surface area contributed by atoms with Crippen LogP contribution in [0.4, 0.5) is 5.82 Å². The molecule has 1 aliphatic heterocycles. The minimum Gasteiger partial charge on any atom is -0.363 e. The number of anilines is 1. The average molecular weight is 493 g/mol. The van der Waals surface area contributed by atoms with Gasteiger partial charge in [0.1, 0.15) is 11.4 Å². The Morgan fingerprint density at radius 1 is 0.946 bits per heavy atom. The molecule has 0 spiro atoms. The third-order valence-corrected chi connectivity index (χ3v) is 7.91. The van der Waals surface area contributed by atoms with Gasteiger partial charge in [-0.1, -0.05) is 98.8 Å². The van der Waals surface area contributed by atoms with E-state index in [2.05, 4.69) is 116 Å². The molecule has 1 atom stereocenters. The summed E-state index contributed by atoms with van der Waals surface area (Å²) in [7, 11) is 0. The van der Waals surface area contributed by atoms with E-state index in [4.69, 9.17) is 0 Å². The molecular formula is C32H36N4O. The minimum atomic E-state index is -0.468. The highest BCUT2D eigenvalue weighted by molar-refractivity contribution is 5.99. The number of hydrogen-bond acceptors (Lipinski definition) is 3. The Morgan fingerprint density at radius 3 is 2.16 bits per heavy atom. The summed E-state index contributed by atoms with van der Waals surface area (Å²) >= 11 is 0. The van der Waals surface area contributed by atoms with Gasteiger partial charge < -0.3 is 10.6 Å². The van der Waals surface area contributed by atoms with E-state index in [9.17, 15) is 4.79 Å². The second-order valence-electron chi connectivity index (χ2n) is 10.6. The van der Waals surface area contributed by atoms with Crippen LogP contribution in [0.25, 0.3) is 11.1 Å². The zero-order valence-corrected chi connectivity index (χ0v) is 22.2. The second-order valence-corrected chi connectivity index (χ2v) is 10.6.